The number of hydrogen-bond acceptors (Lipinski definition) is 7. The van der Waals surface area contributed by atoms with Gasteiger partial charge in [-0.3, -0.25) is 4.98 Å². The molecule has 1 aliphatic rings. The summed E-state index contributed by atoms with van der Waals surface area (Å²) >= 11 is 6.42. The minimum atomic E-state index is -0.602. The Balaban J connectivity index is 1.56. The average molecular weight is 411 g/mol. The van der Waals surface area contributed by atoms with Crippen LogP contribution in [0.5, 0.6) is 0 Å². The zero-order chi connectivity index (χ0) is 20.0. The molecule has 29 heavy (non-hydrogen) atoms. The number of aryl methyl sites for hydroxylation is 1. The molecule has 0 aliphatic carbocycles. The molecular weight excluding hydrogens is 392 g/mol. The number of benzene rings is 1. The Kier molecular flexibility index (Phi) is 4.54. The molecule has 5 rings (SSSR count). The number of nitrogens with one attached hydrogen (secondary N) is 2. The van der Waals surface area contributed by atoms with Crippen molar-refractivity contribution in [1.29, 1.82) is 0 Å². The number of anilines is 1. The molecular formula is C20H19ClN6O2. The first kappa shape index (κ1) is 18.2. The largest absolute Gasteiger partial charge is 0.389 e. The number of aliphatic hydroxyl groups excluding tert-OH is 1. The number of aromatic nitrogens is 5. The van der Waals surface area contributed by atoms with E-state index in [1.54, 1.807) is 12.4 Å². The third-order valence-electron chi connectivity index (χ3n) is 5.09. The maximum Gasteiger partial charge on any atom is 0.223 e. The number of H-pyrrole nitrogens is 1. The van der Waals surface area contributed by atoms with Crippen molar-refractivity contribution >= 4 is 39.5 Å². The summed E-state index contributed by atoms with van der Waals surface area (Å²) in [6.45, 7) is 2.81. The molecule has 3 aromatic heterocycles. The van der Waals surface area contributed by atoms with Crippen molar-refractivity contribution in [2.24, 2.45) is 0 Å². The molecule has 9 heteroatoms. The van der Waals surface area contributed by atoms with Crippen LogP contribution >= 0.6 is 11.6 Å². The fourth-order valence-electron chi connectivity index (χ4n) is 3.62. The van der Waals surface area contributed by atoms with Crippen molar-refractivity contribution in [2.75, 3.05) is 18.5 Å². The monoisotopic (exact) mass is 410 g/mol. The van der Waals surface area contributed by atoms with Crippen molar-refractivity contribution in [3.63, 3.8) is 0 Å². The van der Waals surface area contributed by atoms with Crippen molar-refractivity contribution in [2.45, 2.75) is 25.5 Å². The number of aromatic amines is 1. The normalized spacial score (nSPS) is 19.7. The van der Waals surface area contributed by atoms with E-state index in [1.807, 2.05) is 25.1 Å². The summed E-state index contributed by atoms with van der Waals surface area (Å²) < 4.78 is 5.27. The van der Waals surface area contributed by atoms with Crippen LogP contribution in [0, 0.1) is 6.92 Å². The molecule has 0 amide bonds. The number of hydrogen-bond donors (Lipinski definition) is 3. The highest BCUT2D eigenvalue weighted by Gasteiger charge is 2.24. The molecule has 0 radical (unpaired) electrons. The van der Waals surface area contributed by atoms with E-state index in [-0.39, 0.29) is 6.04 Å². The van der Waals surface area contributed by atoms with Crippen molar-refractivity contribution in [3.8, 4) is 11.3 Å². The Morgan fingerprint density at radius 2 is 2.14 bits per heavy atom. The van der Waals surface area contributed by atoms with E-state index < -0.39 is 6.10 Å². The van der Waals surface area contributed by atoms with Crippen LogP contribution in [0.3, 0.4) is 0 Å². The fraction of sp³-hybridized carbons (Fsp3) is 0.300. The predicted octanol–water partition coefficient (Wildman–Crippen LogP) is 3.09. The number of imidazole rings is 1. The van der Waals surface area contributed by atoms with Gasteiger partial charge in [0, 0.05) is 17.6 Å². The number of fused-ring (bicyclic) bond motifs is 3. The Morgan fingerprint density at radius 3 is 3.00 bits per heavy atom. The van der Waals surface area contributed by atoms with E-state index in [0.29, 0.717) is 36.3 Å². The van der Waals surface area contributed by atoms with Crippen LogP contribution in [-0.4, -0.2) is 55.4 Å². The Labute approximate surface area is 171 Å². The zero-order valence-electron chi connectivity index (χ0n) is 15.7. The number of halogens is 1. The molecule has 2 atom stereocenters. The van der Waals surface area contributed by atoms with Crippen LogP contribution in [0.2, 0.25) is 5.02 Å². The van der Waals surface area contributed by atoms with Gasteiger partial charge < -0.3 is 20.1 Å². The van der Waals surface area contributed by atoms with Gasteiger partial charge in [0.2, 0.25) is 5.95 Å². The molecule has 4 heterocycles. The minimum absolute atomic E-state index is 0.162. The molecule has 0 bridgehead atoms. The molecule has 1 aliphatic heterocycles. The fourth-order valence-corrected chi connectivity index (χ4v) is 3.82. The van der Waals surface area contributed by atoms with Gasteiger partial charge in [-0.15, -0.1) is 0 Å². The lowest BCUT2D eigenvalue weighted by Crippen LogP contribution is -2.42. The van der Waals surface area contributed by atoms with Crippen LogP contribution in [0.4, 0.5) is 5.95 Å². The second kappa shape index (κ2) is 7.22. The molecule has 3 N–H and O–H groups in total. The third-order valence-corrected chi connectivity index (χ3v) is 5.37. The first-order chi connectivity index (χ1) is 14.1. The number of pyridine rings is 1. The maximum atomic E-state index is 10.1. The standard InChI is InChI=1S/C20H19ClN6O2/c1-10-24-16-8-22-14-3-2-11(6-12(14)19(16)25-10)18-13(21)7-23-20(27-18)26-15-4-5-29-9-17(15)28/h2-3,6-8,15,17,28H,4-5,9H2,1H3,(H,24,25)(H,23,26,27)/t15-,17-/m1/s1. The van der Waals surface area contributed by atoms with E-state index >= 15 is 0 Å². The Bertz CT molecular complexity index is 1210. The Morgan fingerprint density at radius 1 is 1.24 bits per heavy atom. The molecule has 1 saturated heterocycles. The van der Waals surface area contributed by atoms with E-state index in [0.717, 1.165) is 33.3 Å². The van der Waals surface area contributed by atoms with Gasteiger partial charge in [-0.1, -0.05) is 17.7 Å². The second-order valence-electron chi connectivity index (χ2n) is 7.15. The van der Waals surface area contributed by atoms with Gasteiger partial charge in [-0.05, 0) is 25.5 Å². The summed E-state index contributed by atoms with van der Waals surface area (Å²) in [5, 5.41) is 14.7. The topological polar surface area (TPSA) is 109 Å². The van der Waals surface area contributed by atoms with E-state index in [9.17, 15) is 5.11 Å². The summed E-state index contributed by atoms with van der Waals surface area (Å²) in [7, 11) is 0. The third kappa shape index (κ3) is 3.39. The molecule has 1 fully saturated rings. The summed E-state index contributed by atoms with van der Waals surface area (Å²) in [5.74, 6) is 1.25. The molecule has 0 saturated carbocycles. The lowest BCUT2D eigenvalue weighted by Gasteiger charge is -2.28. The summed E-state index contributed by atoms with van der Waals surface area (Å²) in [4.78, 5) is 21.2. The lowest BCUT2D eigenvalue weighted by atomic mass is 10.1. The van der Waals surface area contributed by atoms with Gasteiger partial charge in [-0.25, -0.2) is 15.0 Å². The molecule has 0 unspecified atom stereocenters. The summed E-state index contributed by atoms with van der Waals surface area (Å²) in [5.41, 5.74) is 4.05. The number of ether oxygens (including phenoxy) is 1. The first-order valence-corrected chi connectivity index (χ1v) is 9.76. The van der Waals surface area contributed by atoms with Crippen LogP contribution in [0.15, 0.2) is 30.6 Å². The number of nitrogens with zero attached hydrogens (tertiary/aromatic N) is 4. The summed E-state index contributed by atoms with van der Waals surface area (Å²) in [6, 6.07) is 5.70. The van der Waals surface area contributed by atoms with Crippen LogP contribution in [-0.2, 0) is 4.74 Å². The molecule has 148 valence electrons. The second-order valence-corrected chi connectivity index (χ2v) is 7.55. The molecule has 4 aromatic rings. The molecule has 1 aromatic carbocycles. The zero-order valence-corrected chi connectivity index (χ0v) is 16.4. The van der Waals surface area contributed by atoms with Crippen molar-refractivity contribution in [3.05, 3.63) is 41.4 Å². The predicted molar refractivity (Wildman–Crippen MR) is 111 cm³/mol. The average Bonchev–Trinajstić information content (AvgIpc) is 3.11. The number of aliphatic hydroxyl groups is 1. The van der Waals surface area contributed by atoms with Crippen molar-refractivity contribution in [1.82, 2.24) is 24.9 Å². The minimum Gasteiger partial charge on any atom is -0.389 e. The summed E-state index contributed by atoms with van der Waals surface area (Å²) in [6.07, 6.45) is 3.44. The smallest absolute Gasteiger partial charge is 0.223 e. The molecule has 8 nitrogen and oxygen atoms in total. The highest BCUT2D eigenvalue weighted by atomic mass is 35.5. The van der Waals surface area contributed by atoms with Crippen LogP contribution in [0.1, 0.15) is 12.2 Å². The highest BCUT2D eigenvalue weighted by molar-refractivity contribution is 6.33. The van der Waals surface area contributed by atoms with Gasteiger partial charge in [0.25, 0.3) is 0 Å². The van der Waals surface area contributed by atoms with E-state index in [4.69, 9.17) is 16.3 Å². The lowest BCUT2D eigenvalue weighted by molar-refractivity contribution is -0.0136. The van der Waals surface area contributed by atoms with Gasteiger partial charge in [0.05, 0.1) is 58.4 Å². The van der Waals surface area contributed by atoms with Crippen LogP contribution < -0.4 is 5.32 Å². The molecule has 0 spiro atoms. The maximum absolute atomic E-state index is 10.1. The van der Waals surface area contributed by atoms with E-state index in [2.05, 4.69) is 30.2 Å². The van der Waals surface area contributed by atoms with Gasteiger partial charge >= 0.3 is 0 Å². The highest BCUT2D eigenvalue weighted by Crippen LogP contribution is 2.31. The van der Waals surface area contributed by atoms with E-state index in [1.165, 1.54) is 0 Å². The first-order valence-electron chi connectivity index (χ1n) is 9.39. The SMILES string of the molecule is Cc1nc2c(cnc3ccc(-c4nc(N[C@@H]5CCOC[C@H]5O)ncc4Cl)cc32)[nH]1. The Hall–Kier alpha value is -2.81. The van der Waals surface area contributed by atoms with Gasteiger partial charge in [-0.2, -0.15) is 0 Å². The van der Waals surface area contributed by atoms with Crippen molar-refractivity contribution < 1.29 is 9.84 Å². The number of rotatable bonds is 3. The van der Waals surface area contributed by atoms with Gasteiger partial charge in [0.15, 0.2) is 0 Å². The quantitative estimate of drug-likeness (QED) is 0.476. The van der Waals surface area contributed by atoms with Crippen LogP contribution in [0.25, 0.3) is 33.2 Å². The van der Waals surface area contributed by atoms with Gasteiger partial charge in [0.1, 0.15) is 5.82 Å².